The lowest BCUT2D eigenvalue weighted by atomic mass is 10.1. The van der Waals surface area contributed by atoms with Gasteiger partial charge in [-0.1, -0.05) is 37.6 Å². The number of carbonyl (C=O) groups is 1. The minimum Gasteiger partial charge on any atom is -0.356 e. The monoisotopic (exact) mass is 350 g/mol. The van der Waals surface area contributed by atoms with Crippen molar-refractivity contribution in [3.8, 4) is 0 Å². The lowest BCUT2D eigenvalue weighted by molar-refractivity contribution is -0.131. The predicted octanol–water partition coefficient (Wildman–Crippen LogP) is 2.26. The Kier molecular flexibility index (Phi) is 6.91. The molecule has 0 bridgehead atoms. The number of halogens is 1. The van der Waals surface area contributed by atoms with Crippen LogP contribution in [0.15, 0.2) is 29.3 Å². The highest BCUT2D eigenvalue weighted by atomic mass is 35.5. The Bertz CT molecular complexity index is 580. The van der Waals surface area contributed by atoms with Crippen molar-refractivity contribution in [2.24, 2.45) is 10.9 Å². The van der Waals surface area contributed by atoms with Gasteiger partial charge in [0.2, 0.25) is 5.91 Å². The number of amides is 1. The fraction of sp³-hybridized carbons (Fsp3) is 0.556. The third kappa shape index (κ3) is 5.41. The Morgan fingerprint density at radius 2 is 1.92 bits per heavy atom. The van der Waals surface area contributed by atoms with E-state index >= 15 is 0 Å². The van der Waals surface area contributed by atoms with Crippen LogP contribution in [-0.4, -0.2) is 61.4 Å². The van der Waals surface area contributed by atoms with Crippen LogP contribution in [0.5, 0.6) is 0 Å². The van der Waals surface area contributed by atoms with Crippen LogP contribution < -0.4 is 5.32 Å². The minimum absolute atomic E-state index is 0.155. The van der Waals surface area contributed by atoms with E-state index in [1.165, 1.54) is 0 Å². The fourth-order valence-electron chi connectivity index (χ4n) is 2.73. The van der Waals surface area contributed by atoms with E-state index in [0.29, 0.717) is 17.4 Å². The van der Waals surface area contributed by atoms with Crippen LogP contribution in [-0.2, 0) is 11.2 Å². The second-order valence-electron chi connectivity index (χ2n) is 6.50. The summed E-state index contributed by atoms with van der Waals surface area (Å²) in [6.45, 7) is 8.31. The first-order chi connectivity index (χ1) is 11.5. The number of guanidine groups is 1. The van der Waals surface area contributed by atoms with Gasteiger partial charge in [0.1, 0.15) is 0 Å². The summed E-state index contributed by atoms with van der Waals surface area (Å²) in [6, 6.07) is 7.50. The number of benzene rings is 1. The largest absolute Gasteiger partial charge is 0.356 e. The van der Waals surface area contributed by atoms with E-state index in [0.717, 1.165) is 44.2 Å². The van der Waals surface area contributed by atoms with Gasteiger partial charge in [-0.2, -0.15) is 0 Å². The Morgan fingerprint density at radius 1 is 1.25 bits per heavy atom. The Balaban J connectivity index is 1.84. The van der Waals surface area contributed by atoms with Crippen molar-refractivity contribution >= 4 is 23.5 Å². The SMILES string of the molecule is CN=C(NCC(C)C)N1CCN(C(=O)Cc2cccc(Cl)c2)CC1. The molecule has 0 spiro atoms. The van der Waals surface area contributed by atoms with Gasteiger partial charge in [-0.05, 0) is 23.6 Å². The van der Waals surface area contributed by atoms with Crippen molar-refractivity contribution in [2.75, 3.05) is 39.8 Å². The van der Waals surface area contributed by atoms with Crippen LogP contribution in [0.1, 0.15) is 19.4 Å². The quantitative estimate of drug-likeness (QED) is 0.669. The number of nitrogens with zero attached hydrogens (tertiary/aromatic N) is 3. The maximum atomic E-state index is 12.5. The van der Waals surface area contributed by atoms with Gasteiger partial charge < -0.3 is 15.1 Å². The van der Waals surface area contributed by atoms with E-state index in [1.54, 1.807) is 7.05 Å². The molecule has 6 heteroatoms. The molecule has 0 aromatic heterocycles. The first-order valence-electron chi connectivity index (χ1n) is 8.47. The van der Waals surface area contributed by atoms with Crippen LogP contribution in [0.3, 0.4) is 0 Å². The van der Waals surface area contributed by atoms with Crippen molar-refractivity contribution in [2.45, 2.75) is 20.3 Å². The topological polar surface area (TPSA) is 47.9 Å². The molecular weight excluding hydrogens is 324 g/mol. The van der Waals surface area contributed by atoms with Crippen LogP contribution in [0.4, 0.5) is 0 Å². The molecule has 1 aliphatic rings. The van der Waals surface area contributed by atoms with Gasteiger partial charge in [0.25, 0.3) is 0 Å². The molecule has 132 valence electrons. The molecule has 0 atom stereocenters. The highest BCUT2D eigenvalue weighted by molar-refractivity contribution is 6.30. The molecule has 24 heavy (non-hydrogen) atoms. The zero-order chi connectivity index (χ0) is 17.5. The number of carbonyl (C=O) groups excluding carboxylic acids is 1. The standard InChI is InChI=1S/C18H27ClN4O/c1-14(2)13-21-18(20-3)23-9-7-22(8-10-23)17(24)12-15-5-4-6-16(19)11-15/h4-6,11,14H,7-10,12-13H2,1-3H3,(H,20,21). The third-order valence-electron chi connectivity index (χ3n) is 4.06. The minimum atomic E-state index is 0.155. The summed E-state index contributed by atoms with van der Waals surface area (Å²) in [6.07, 6.45) is 0.404. The summed E-state index contributed by atoms with van der Waals surface area (Å²) in [5.41, 5.74) is 0.962. The lowest BCUT2D eigenvalue weighted by Gasteiger charge is -2.36. The molecule has 1 aliphatic heterocycles. The normalized spacial score (nSPS) is 15.8. The van der Waals surface area contributed by atoms with E-state index in [-0.39, 0.29) is 5.91 Å². The molecule has 1 amide bonds. The summed E-state index contributed by atoms with van der Waals surface area (Å²) in [5, 5.41) is 4.06. The van der Waals surface area contributed by atoms with E-state index in [4.69, 9.17) is 11.6 Å². The summed E-state index contributed by atoms with van der Waals surface area (Å²) in [5.74, 6) is 1.65. The van der Waals surface area contributed by atoms with Gasteiger partial charge in [-0.3, -0.25) is 9.79 Å². The third-order valence-corrected chi connectivity index (χ3v) is 4.29. The van der Waals surface area contributed by atoms with Gasteiger partial charge in [0.05, 0.1) is 6.42 Å². The van der Waals surface area contributed by atoms with E-state index < -0.39 is 0 Å². The second kappa shape index (κ2) is 8.92. The maximum absolute atomic E-state index is 12.5. The molecule has 1 saturated heterocycles. The van der Waals surface area contributed by atoms with Crippen LogP contribution in [0.25, 0.3) is 0 Å². The van der Waals surface area contributed by atoms with Crippen LogP contribution in [0, 0.1) is 5.92 Å². The molecule has 0 aliphatic carbocycles. The number of piperazine rings is 1. The fourth-order valence-corrected chi connectivity index (χ4v) is 2.94. The molecule has 1 heterocycles. The summed E-state index contributed by atoms with van der Waals surface area (Å²) in [4.78, 5) is 20.9. The Labute approximate surface area is 149 Å². The first-order valence-corrected chi connectivity index (χ1v) is 8.85. The molecule has 0 radical (unpaired) electrons. The molecule has 1 N–H and O–H groups in total. The Morgan fingerprint density at radius 3 is 2.50 bits per heavy atom. The number of hydrogen-bond acceptors (Lipinski definition) is 2. The van der Waals surface area contributed by atoms with Gasteiger partial charge in [-0.25, -0.2) is 0 Å². The molecular formula is C18H27ClN4O. The lowest BCUT2D eigenvalue weighted by Crippen LogP contribution is -2.54. The molecule has 0 saturated carbocycles. The average Bonchev–Trinajstić information content (AvgIpc) is 2.55. The molecule has 1 aromatic carbocycles. The van der Waals surface area contributed by atoms with E-state index in [9.17, 15) is 4.79 Å². The van der Waals surface area contributed by atoms with Crippen molar-refractivity contribution in [1.29, 1.82) is 0 Å². The van der Waals surface area contributed by atoms with Crippen molar-refractivity contribution < 1.29 is 4.79 Å². The first kappa shape index (κ1) is 18.6. The zero-order valence-corrected chi connectivity index (χ0v) is 15.5. The Hall–Kier alpha value is -1.75. The van der Waals surface area contributed by atoms with Gasteiger partial charge >= 0.3 is 0 Å². The summed E-state index contributed by atoms with van der Waals surface area (Å²) >= 11 is 5.98. The van der Waals surface area contributed by atoms with Crippen molar-refractivity contribution in [1.82, 2.24) is 15.1 Å². The van der Waals surface area contributed by atoms with E-state index in [1.807, 2.05) is 29.2 Å². The van der Waals surface area contributed by atoms with Crippen molar-refractivity contribution in [3.63, 3.8) is 0 Å². The van der Waals surface area contributed by atoms with Crippen molar-refractivity contribution in [3.05, 3.63) is 34.9 Å². The molecule has 2 rings (SSSR count). The maximum Gasteiger partial charge on any atom is 0.227 e. The molecule has 0 unspecified atom stereocenters. The molecule has 1 fully saturated rings. The van der Waals surface area contributed by atoms with E-state index in [2.05, 4.69) is 29.1 Å². The smallest absolute Gasteiger partial charge is 0.227 e. The molecule has 1 aromatic rings. The van der Waals surface area contributed by atoms with Crippen LogP contribution >= 0.6 is 11.6 Å². The predicted molar refractivity (Wildman–Crippen MR) is 99.5 cm³/mol. The highest BCUT2D eigenvalue weighted by Crippen LogP contribution is 2.13. The van der Waals surface area contributed by atoms with Gasteiger partial charge in [-0.15, -0.1) is 0 Å². The average molecular weight is 351 g/mol. The molecule has 5 nitrogen and oxygen atoms in total. The highest BCUT2D eigenvalue weighted by Gasteiger charge is 2.23. The number of hydrogen-bond donors (Lipinski definition) is 1. The van der Waals surface area contributed by atoms with Gasteiger partial charge in [0.15, 0.2) is 5.96 Å². The summed E-state index contributed by atoms with van der Waals surface area (Å²) < 4.78 is 0. The number of aliphatic imine (C=N–C) groups is 1. The van der Waals surface area contributed by atoms with Gasteiger partial charge in [0, 0.05) is 44.8 Å². The van der Waals surface area contributed by atoms with Crippen LogP contribution in [0.2, 0.25) is 5.02 Å². The number of rotatable bonds is 4. The zero-order valence-electron chi connectivity index (χ0n) is 14.8. The summed E-state index contributed by atoms with van der Waals surface area (Å²) in [7, 11) is 1.80. The second-order valence-corrected chi connectivity index (χ2v) is 6.93. The number of nitrogens with one attached hydrogen (secondary N) is 1.